The summed E-state index contributed by atoms with van der Waals surface area (Å²) in [5, 5.41) is 0. The van der Waals surface area contributed by atoms with Crippen molar-refractivity contribution < 1.29 is 17.9 Å². The SMILES string of the molecule is CCCOCC(I)C(F)(F)F. The largest absolute Gasteiger partial charge is 0.402 e. The molecule has 0 aliphatic carbocycles. The van der Waals surface area contributed by atoms with Crippen LogP contribution in [0, 0.1) is 0 Å². The lowest BCUT2D eigenvalue weighted by atomic mass is 10.4. The number of ether oxygens (including phenoxy) is 1. The third kappa shape index (κ3) is 5.72. The van der Waals surface area contributed by atoms with Crippen molar-refractivity contribution >= 4 is 22.6 Å². The second-order valence-electron chi connectivity index (χ2n) is 2.08. The standard InChI is InChI=1S/C6H10F3IO/c1-2-3-11-4-5(10)6(7,8)9/h5H,2-4H2,1H3. The molecular weight excluding hydrogens is 272 g/mol. The first-order valence-corrected chi connectivity index (χ1v) is 4.51. The van der Waals surface area contributed by atoms with E-state index in [1.165, 1.54) is 22.6 Å². The first-order chi connectivity index (χ1) is 4.98. The minimum atomic E-state index is -4.13. The van der Waals surface area contributed by atoms with Crippen LogP contribution in [0.2, 0.25) is 0 Å². The molecule has 1 unspecified atom stereocenters. The third-order valence-corrected chi connectivity index (χ3v) is 2.03. The lowest BCUT2D eigenvalue weighted by molar-refractivity contribution is -0.134. The van der Waals surface area contributed by atoms with E-state index in [1.54, 1.807) is 0 Å². The molecule has 0 spiro atoms. The topological polar surface area (TPSA) is 9.23 Å². The molecule has 0 aromatic rings. The van der Waals surface area contributed by atoms with Gasteiger partial charge in [-0.05, 0) is 6.42 Å². The highest BCUT2D eigenvalue weighted by Crippen LogP contribution is 2.26. The van der Waals surface area contributed by atoms with Crippen LogP contribution in [0.15, 0.2) is 0 Å². The van der Waals surface area contributed by atoms with Crippen molar-refractivity contribution in [2.24, 2.45) is 0 Å². The van der Waals surface area contributed by atoms with Crippen LogP contribution in [0.1, 0.15) is 13.3 Å². The molecular formula is C6H10F3IO. The number of halogens is 4. The van der Waals surface area contributed by atoms with Gasteiger partial charge in [0.1, 0.15) is 3.92 Å². The Hall–Kier alpha value is 0.480. The van der Waals surface area contributed by atoms with E-state index in [4.69, 9.17) is 4.74 Å². The molecule has 0 bridgehead atoms. The number of hydrogen-bond donors (Lipinski definition) is 0. The Labute approximate surface area is 77.4 Å². The van der Waals surface area contributed by atoms with Gasteiger partial charge in [0, 0.05) is 6.61 Å². The summed E-state index contributed by atoms with van der Waals surface area (Å²) in [5.74, 6) is 0. The summed E-state index contributed by atoms with van der Waals surface area (Å²) in [4.78, 5) is 0. The minimum absolute atomic E-state index is 0.238. The second kappa shape index (κ2) is 5.18. The predicted octanol–water partition coefficient (Wildman–Crippen LogP) is 2.78. The zero-order valence-electron chi connectivity index (χ0n) is 6.12. The molecule has 0 aliphatic rings. The Morgan fingerprint density at radius 1 is 1.45 bits per heavy atom. The quantitative estimate of drug-likeness (QED) is 0.437. The van der Waals surface area contributed by atoms with Gasteiger partial charge in [0.2, 0.25) is 0 Å². The molecule has 5 heteroatoms. The maximum Gasteiger partial charge on any atom is 0.402 e. The average molecular weight is 282 g/mol. The van der Waals surface area contributed by atoms with E-state index in [2.05, 4.69) is 0 Å². The summed E-state index contributed by atoms with van der Waals surface area (Å²) in [7, 11) is 0. The van der Waals surface area contributed by atoms with Crippen molar-refractivity contribution in [2.75, 3.05) is 13.2 Å². The summed E-state index contributed by atoms with van der Waals surface area (Å²) in [6, 6.07) is 0. The fraction of sp³-hybridized carbons (Fsp3) is 1.00. The Morgan fingerprint density at radius 2 is 2.00 bits per heavy atom. The molecule has 0 fully saturated rings. The number of alkyl halides is 4. The molecule has 1 atom stereocenters. The van der Waals surface area contributed by atoms with Gasteiger partial charge in [-0.25, -0.2) is 0 Å². The summed E-state index contributed by atoms with van der Waals surface area (Å²) in [5.41, 5.74) is 0. The number of hydrogen-bond acceptors (Lipinski definition) is 1. The maximum atomic E-state index is 11.8. The van der Waals surface area contributed by atoms with E-state index in [-0.39, 0.29) is 6.61 Å². The maximum absolute atomic E-state index is 11.8. The minimum Gasteiger partial charge on any atom is -0.380 e. The van der Waals surface area contributed by atoms with Crippen molar-refractivity contribution in [3.05, 3.63) is 0 Å². The summed E-state index contributed by atoms with van der Waals surface area (Å²) in [6.07, 6.45) is -3.38. The normalized spacial score (nSPS) is 15.0. The first-order valence-electron chi connectivity index (χ1n) is 3.27. The van der Waals surface area contributed by atoms with Gasteiger partial charge in [-0.3, -0.25) is 0 Å². The Bertz CT molecular complexity index is 104. The highest BCUT2D eigenvalue weighted by molar-refractivity contribution is 14.1. The van der Waals surface area contributed by atoms with Crippen LogP contribution in [-0.2, 0) is 4.74 Å². The molecule has 0 radical (unpaired) electrons. The molecule has 11 heavy (non-hydrogen) atoms. The monoisotopic (exact) mass is 282 g/mol. The van der Waals surface area contributed by atoms with Crippen molar-refractivity contribution in [1.29, 1.82) is 0 Å². The van der Waals surface area contributed by atoms with Gasteiger partial charge in [-0.2, -0.15) is 13.2 Å². The van der Waals surface area contributed by atoms with Gasteiger partial charge >= 0.3 is 6.18 Å². The predicted molar refractivity (Wildman–Crippen MR) is 45.0 cm³/mol. The zero-order valence-corrected chi connectivity index (χ0v) is 8.28. The van der Waals surface area contributed by atoms with E-state index >= 15 is 0 Å². The first kappa shape index (κ1) is 11.5. The van der Waals surface area contributed by atoms with Gasteiger partial charge in [0.25, 0.3) is 0 Å². The van der Waals surface area contributed by atoms with Gasteiger partial charge in [0.05, 0.1) is 6.61 Å². The van der Waals surface area contributed by atoms with Crippen LogP contribution < -0.4 is 0 Å². The van der Waals surface area contributed by atoms with Crippen molar-refractivity contribution in [3.63, 3.8) is 0 Å². The van der Waals surface area contributed by atoms with Crippen LogP contribution in [0.5, 0.6) is 0 Å². The van der Waals surface area contributed by atoms with Crippen molar-refractivity contribution in [2.45, 2.75) is 23.4 Å². The van der Waals surface area contributed by atoms with Crippen molar-refractivity contribution in [3.8, 4) is 0 Å². The van der Waals surface area contributed by atoms with E-state index in [0.717, 1.165) is 6.42 Å². The average Bonchev–Trinajstić information content (AvgIpc) is 1.86. The third-order valence-electron chi connectivity index (χ3n) is 0.968. The molecule has 0 heterocycles. The molecule has 0 aromatic carbocycles. The molecule has 0 rings (SSSR count). The molecule has 0 aromatic heterocycles. The fourth-order valence-electron chi connectivity index (χ4n) is 0.426. The van der Waals surface area contributed by atoms with Gasteiger partial charge in [-0.15, -0.1) is 0 Å². The Morgan fingerprint density at radius 3 is 2.36 bits per heavy atom. The highest BCUT2D eigenvalue weighted by Gasteiger charge is 2.37. The van der Waals surface area contributed by atoms with E-state index in [0.29, 0.717) is 6.61 Å². The number of rotatable bonds is 4. The van der Waals surface area contributed by atoms with Crippen LogP contribution in [0.3, 0.4) is 0 Å². The van der Waals surface area contributed by atoms with Crippen LogP contribution in [0.25, 0.3) is 0 Å². The van der Waals surface area contributed by atoms with Gasteiger partial charge in [-0.1, -0.05) is 29.5 Å². The van der Waals surface area contributed by atoms with Crippen LogP contribution in [-0.4, -0.2) is 23.3 Å². The smallest absolute Gasteiger partial charge is 0.380 e. The second-order valence-corrected chi connectivity index (χ2v) is 3.59. The Kier molecular flexibility index (Phi) is 5.41. The van der Waals surface area contributed by atoms with Crippen LogP contribution in [0.4, 0.5) is 13.2 Å². The van der Waals surface area contributed by atoms with E-state index < -0.39 is 10.1 Å². The molecule has 0 saturated carbocycles. The fourth-order valence-corrected chi connectivity index (χ4v) is 0.680. The molecule has 68 valence electrons. The van der Waals surface area contributed by atoms with Crippen molar-refractivity contribution in [1.82, 2.24) is 0 Å². The summed E-state index contributed by atoms with van der Waals surface area (Å²) in [6.45, 7) is 2.02. The molecule has 0 amide bonds. The highest BCUT2D eigenvalue weighted by atomic mass is 127. The van der Waals surface area contributed by atoms with E-state index in [9.17, 15) is 13.2 Å². The molecule has 0 aliphatic heterocycles. The summed E-state index contributed by atoms with van der Waals surface area (Å²) < 4.78 is 38.7. The van der Waals surface area contributed by atoms with Gasteiger partial charge in [0.15, 0.2) is 0 Å². The lowest BCUT2D eigenvalue weighted by Crippen LogP contribution is -2.27. The van der Waals surface area contributed by atoms with Crippen LogP contribution >= 0.6 is 22.6 Å². The van der Waals surface area contributed by atoms with E-state index in [1.807, 2.05) is 6.92 Å². The summed E-state index contributed by atoms with van der Waals surface area (Å²) >= 11 is 1.34. The van der Waals surface area contributed by atoms with Gasteiger partial charge < -0.3 is 4.74 Å². The molecule has 0 saturated heterocycles. The molecule has 0 N–H and O–H groups in total. The zero-order chi connectivity index (χ0) is 8.91. The Balaban J connectivity index is 3.44. The lowest BCUT2D eigenvalue weighted by Gasteiger charge is -2.13. The molecule has 1 nitrogen and oxygen atoms in total.